The van der Waals surface area contributed by atoms with E-state index in [2.05, 4.69) is 31.0 Å². The first kappa shape index (κ1) is 21.0. The van der Waals surface area contributed by atoms with Crippen molar-refractivity contribution in [2.45, 2.75) is 30.3 Å². The number of aliphatic hydroxyl groups excluding tert-OH is 1. The lowest BCUT2D eigenvalue weighted by Gasteiger charge is -2.32. The first-order valence-electron chi connectivity index (χ1n) is 9.58. The first-order valence-corrected chi connectivity index (χ1v) is 9.58. The molecule has 0 aliphatic heterocycles. The SMILES string of the molecule is [B]C([B])([B])Oc1ncccc1Nc1cc(NC)n2ncc(C(=O)N[C@H]3CC[C@H]3O)c2n1. The molecule has 31 heavy (non-hydrogen) atoms. The van der Waals surface area contributed by atoms with Crippen LogP contribution >= 0.6 is 0 Å². The molecule has 0 bridgehead atoms. The van der Waals surface area contributed by atoms with Gasteiger partial charge in [0.2, 0.25) is 5.88 Å². The number of pyridine rings is 1. The number of nitrogens with zero attached hydrogens (tertiary/aromatic N) is 4. The molecule has 10 nitrogen and oxygen atoms in total. The summed E-state index contributed by atoms with van der Waals surface area (Å²) < 4.78 is 6.78. The number of fused-ring (bicyclic) bond motifs is 1. The number of ether oxygens (including phenoxy) is 1. The van der Waals surface area contributed by atoms with E-state index in [9.17, 15) is 9.90 Å². The van der Waals surface area contributed by atoms with Crippen molar-refractivity contribution >= 4 is 52.4 Å². The predicted octanol–water partition coefficient (Wildman–Crippen LogP) is -0.342. The molecule has 0 spiro atoms. The maximum absolute atomic E-state index is 12.7. The van der Waals surface area contributed by atoms with Gasteiger partial charge in [-0.2, -0.15) is 9.61 Å². The van der Waals surface area contributed by atoms with Gasteiger partial charge in [-0.25, -0.2) is 9.97 Å². The van der Waals surface area contributed by atoms with Crippen molar-refractivity contribution in [2.75, 3.05) is 17.7 Å². The number of anilines is 3. The van der Waals surface area contributed by atoms with Crippen LogP contribution in [0, 0.1) is 0 Å². The lowest BCUT2D eigenvalue weighted by molar-refractivity contribution is 0.0448. The van der Waals surface area contributed by atoms with E-state index in [1.165, 1.54) is 16.9 Å². The maximum Gasteiger partial charge on any atom is 0.257 e. The number of aromatic nitrogens is 4. The van der Waals surface area contributed by atoms with E-state index >= 15 is 0 Å². The lowest BCUT2D eigenvalue weighted by Crippen LogP contribution is -2.50. The topological polar surface area (TPSA) is 126 Å². The number of rotatable bonds is 7. The monoisotopic (exact) mass is 413 g/mol. The van der Waals surface area contributed by atoms with E-state index in [1.54, 1.807) is 25.2 Å². The molecule has 152 valence electrons. The number of nitrogens with one attached hydrogen (secondary N) is 3. The van der Waals surface area contributed by atoms with Gasteiger partial charge in [0.1, 0.15) is 46.4 Å². The van der Waals surface area contributed by atoms with Crippen LogP contribution in [0.3, 0.4) is 0 Å². The lowest BCUT2D eigenvalue weighted by atomic mass is 9.52. The highest BCUT2D eigenvalue weighted by atomic mass is 16.5. The number of aliphatic hydroxyl groups is 1. The standard InChI is InChI=1S/C18H18B3N7O3/c1-22-14-7-13(25-11-3-2-6-23-17(11)31-18(19,20)21)27-15-9(8-24-28(14)15)16(30)26-10-4-5-12(10)29/h2-3,6-8,10,12,22,29H,4-5H2,1H3,(H,25,27)(H,26,30)/t10-,12+/m0/s1. The van der Waals surface area contributed by atoms with Crippen LogP contribution in [0.5, 0.6) is 5.88 Å². The molecule has 3 aromatic heterocycles. The molecule has 1 fully saturated rings. The van der Waals surface area contributed by atoms with E-state index in [4.69, 9.17) is 28.3 Å². The van der Waals surface area contributed by atoms with Crippen LogP contribution in [0.1, 0.15) is 23.2 Å². The Morgan fingerprint density at radius 3 is 2.81 bits per heavy atom. The molecule has 1 aliphatic carbocycles. The summed E-state index contributed by atoms with van der Waals surface area (Å²) in [6, 6.07) is 4.78. The number of hydrogen-bond donors (Lipinski definition) is 4. The number of carbonyl (C=O) groups is 1. The van der Waals surface area contributed by atoms with Crippen LogP contribution in [-0.4, -0.2) is 78.6 Å². The molecule has 1 amide bonds. The highest BCUT2D eigenvalue weighted by Gasteiger charge is 2.31. The minimum absolute atomic E-state index is 0.0770. The summed E-state index contributed by atoms with van der Waals surface area (Å²) in [5, 5.41) is 21.0. The third kappa shape index (κ3) is 4.46. The van der Waals surface area contributed by atoms with Crippen LogP contribution in [0.25, 0.3) is 5.65 Å². The second-order valence-corrected chi connectivity index (χ2v) is 7.23. The van der Waals surface area contributed by atoms with Crippen molar-refractivity contribution in [3.8, 4) is 5.88 Å². The molecule has 4 N–H and O–H groups in total. The number of hydrogen-bond acceptors (Lipinski definition) is 8. The maximum atomic E-state index is 12.7. The third-order valence-corrected chi connectivity index (χ3v) is 4.83. The smallest absolute Gasteiger partial charge is 0.257 e. The second-order valence-electron chi connectivity index (χ2n) is 7.23. The van der Waals surface area contributed by atoms with Crippen molar-refractivity contribution in [2.24, 2.45) is 0 Å². The predicted molar refractivity (Wildman–Crippen MR) is 117 cm³/mol. The average molecular weight is 413 g/mol. The molecule has 4 rings (SSSR count). The molecule has 0 aromatic carbocycles. The molecule has 3 aromatic rings. The van der Waals surface area contributed by atoms with Crippen LogP contribution in [0.4, 0.5) is 17.3 Å². The minimum atomic E-state index is -1.92. The van der Waals surface area contributed by atoms with Gasteiger partial charge in [-0.15, -0.1) is 0 Å². The van der Waals surface area contributed by atoms with Crippen molar-refractivity contribution in [1.82, 2.24) is 24.9 Å². The summed E-state index contributed by atoms with van der Waals surface area (Å²) in [6.45, 7) is 0. The largest absolute Gasteiger partial charge is 0.499 e. The van der Waals surface area contributed by atoms with E-state index in [-0.39, 0.29) is 23.4 Å². The number of carbonyl (C=O) groups excluding carboxylic acids is 1. The van der Waals surface area contributed by atoms with Gasteiger partial charge in [0.15, 0.2) is 5.65 Å². The molecule has 1 saturated carbocycles. The number of amides is 1. The Morgan fingerprint density at radius 2 is 2.16 bits per heavy atom. The molecule has 0 unspecified atom stereocenters. The Kier molecular flexibility index (Phi) is 5.53. The Hall–Kier alpha value is -3.21. The zero-order valence-corrected chi connectivity index (χ0v) is 16.7. The van der Waals surface area contributed by atoms with E-state index in [1.807, 2.05) is 0 Å². The Morgan fingerprint density at radius 1 is 1.35 bits per heavy atom. The summed E-state index contributed by atoms with van der Waals surface area (Å²) in [4.78, 5) is 21.3. The van der Waals surface area contributed by atoms with Gasteiger partial charge in [0.25, 0.3) is 5.91 Å². The van der Waals surface area contributed by atoms with Gasteiger partial charge in [-0.1, -0.05) is 0 Å². The first-order chi connectivity index (χ1) is 14.7. The van der Waals surface area contributed by atoms with Gasteiger partial charge in [0, 0.05) is 19.3 Å². The average Bonchev–Trinajstić information content (AvgIpc) is 3.14. The van der Waals surface area contributed by atoms with Crippen LogP contribution < -0.4 is 20.7 Å². The Balaban J connectivity index is 1.67. The van der Waals surface area contributed by atoms with Crippen molar-refractivity contribution < 1.29 is 14.6 Å². The van der Waals surface area contributed by atoms with Gasteiger partial charge in [-0.3, -0.25) is 4.79 Å². The summed E-state index contributed by atoms with van der Waals surface area (Å²) in [7, 11) is 18.3. The third-order valence-electron chi connectivity index (χ3n) is 4.83. The molecule has 2 atom stereocenters. The van der Waals surface area contributed by atoms with E-state index in [0.29, 0.717) is 29.4 Å². The van der Waals surface area contributed by atoms with Gasteiger partial charge in [-0.05, 0) is 30.3 Å². The van der Waals surface area contributed by atoms with Crippen LogP contribution in [-0.2, 0) is 0 Å². The van der Waals surface area contributed by atoms with Crippen molar-refractivity contribution in [3.05, 3.63) is 36.2 Å². The van der Waals surface area contributed by atoms with Crippen LogP contribution in [0.15, 0.2) is 30.6 Å². The summed E-state index contributed by atoms with van der Waals surface area (Å²) >= 11 is 0. The summed E-state index contributed by atoms with van der Waals surface area (Å²) in [6.07, 6.45) is 3.78. The highest BCUT2D eigenvalue weighted by molar-refractivity contribution is 6.58. The normalized spacial score (nSPS) is 18.3. The Labute approximate surface area is 182 Å². The molecular weight excluding hydrogens is 395 g/mol. The van der Waals surface area contributed by atoms with Crippen molar-refractivity contribution in [3.63, 3.8) is 0 Å². The summed E-state index contributed by atoms with van der Waals surface area (Å²) in [5.41, 5.74) is 1.000. The minimum Gasteiger partial charge on any atom is -0.499 e. The Bertz CT molecular complexity index is 1120. The van der Waals surface area contributed by atoms with E-state index < -0.39 is 11.4 Å². The van der Waals surface area contributed by atoms with Gasteiger partial charge >= 0.3 is 0 Å². The zero-order valence-electron chi connectivity index (χ0n) is 16.7. The van der Waals surface area contributed by atoms with E-state index in [0.717, 1.165) is 6.42 Å². The molecule has 6 radical (unpaired) electrons. The highest BCUT2D eigenvalue weighted by Crippen LogP contribution is 2.28. The fourth-order valence-corrected chi connectivity index (χ4v) is 3.13. The van der Waals surface area contributed by atoms with Gasteiger partial charge < -0.3 is 25.8 Å². The van der Waals surface area contributed by atoms with Crippen molar-refractivity contribution in [1.29, 1.82) is 0 Å². The quantitative estimate of drug-likeness (QED) is 0.388. The summed E-state index contributed by atoms with van der Waals surface area (Å²) in [5.74, 6) is 0.667. The molecule has 13 heteroatoms. The molecule has 3 heterocycles. The zero-order chi connectivity index (χ0) is 22.2. The van der Waals surface area contributed by atoms with Gasteiger partial charge in [0.05, 0.1) is 18.3 Å². The molecule has 1 aliphatic rings. The second kappa shape index (κ2) is 8.14. The van der Waals surface area contributed by atoms with Crippen LogP contribution in [0.2, 0.25) is 0 Å². The fraction of sp³-hybridized carbons (Fsp3) is 0.333. The fourth-order valence-electron chi connectivity index (χ4n) is 3.13. The molecule has 0 saturated heterocycles. The molecular formula is C18H18B3N7O3.